The monoisotopic (exact) mass is 309 g/mol. The lowest BCUT2D eigenvalue weighted by Gasteiger charge is -2.05. The van der Waals surface area contributed by atoms with Crippen molar-refractivity contribution in [2.24, 2.45) is 0 Å². The number of hydrogen-bond donors (Lipinski definition) is 0. The maximum atomic E-state index is 13.6. The highest BCUT2D eigenvalue weighted by Crippen LogP contribution is 2.17. The third kappa shape index (κ3) is 2.88. The van der Waals surface area contributed by atoms with Gasteiger partial charge in [-0.3, -0.25) is 4.79 Å². The molecule has 2 nitrogen and oxygen atoms in total. The molecule has 0 fully saturated rings. The molecule has 1 heterocycles. The van der Waals surface area contributed by atoms with Crippen LogP contribution in [0.3, 0.4) is 0 Å². The lowest BCUT2D eigenvalue weighted by molar-refractivity contribution is 0.0988. The molecule has 4 heteroatoms. The van der Waals surface area contributed by atoms with Crippen molar-refractivity contribution in [1.82, 2.24) is 4.57 Å². The molecule has 0 unspecified atom stereocenters. The predicted molar refractivity (Wildman–Crippen MR) is 72.3 cm³/mol. The first kappa shape index (κ1) is 13.0. The molecule has 0 amide bonds. The maximum absolute atomic E-state index is 13.6. The summed E-state index contributed by atoms with van der Waals surface area (Å²) in [6.07, 6.45) is 4.03. The number of nitrogens with zero attached hydrogens (tertiary/aromatic N) is 1. The Balaban J connectivity index is 2.21. The van der Waals surface area contributed by atoms with E-state index in [9.17, 15) is 9.18 Å². The van der Waals surface area contributed by atoms with Crippen LogP contribution in [0.5, 0.6) is 0 Å². The van der Waals surface area contributed by atoms with Crippen molar-refractivity contribution in [3.63, 3.8) is 0 Å². The zero-order valence-electron chi connectivity index (χ0n) is 9.99. The number of aromatic nitrogens is 1. The van der Waals surface area contributed by atoms with Crippen LogP contribution >= 0.6 is 15.9 Å². The minimum atomic E-state index is -0.240. The molecule has 0 bridgehead atoms. The van der Waals surface area contributed by atoms with E-state index in [1.165, 1.54) is 6.07 Å². The van der Waals surface area contributed by atoms with Crippen LogP contribution in [0.15, 0.2) is 41.1 Å². The Bertz CT molecular complexity index is 577. The molecule has 0 atom stereocenters. The van der Waals surface area contributed by atoms with Gasteiger partial charge in [0, 0.05) is 41.0 Å². The molecule has 0 saturated carbocycles. The van der Waals surface area contributed by atoms with Crippen molar-refractivity contribution in [3.8, 4) is 0 Å². The molecule has 94 valence electrons. The first-order valence-corrected chi connectivity index (χ1v) is 6.52. The van der Waals surface area contributed by atoms with Crippen LogP contribution in [-0.2, 0) is 6.54 Å². The van der Waals surface area contributed by atoms with Gasteiger partial charge in [0.2, 0.25) is 0 Å². The highest BCUT2D eigenvalue weighted by atomic mass is 79.9. The van der Waals surface area contributed by atoms with Crippen LogP contribution in [0.2, 0.25) is 0 Å². The topological polar surface area (TPSA) is 22.0 Å². The van der Waals surface area contributed by atoms with Gasteiger partial charge in [-0.05, 0) is 24.3 Å². The zero-order valence-corrected chi connectivity index (χ0v) is 11.6. The number of hydrogen-bond acceptors (Lipinski definition) is 1. The van der Waals surface area contributed by atoms with E-state index in [4.69, 9.17) is 0 Å². The number of benzene rings is 1. The van der Waals surface area contributed by atoms with E-state index in [1.807, 2.05) is 11.5 Å². The number of ketones is 1. The molecule has 0 aliphatic rings. The van der Waals surface area contributed by atoms with Gasteiger partial charge in [0.05, 0.1) is 0 Å². The van der Waals surface area contributed by atoms with Crippen molar-refractivity contribution < 1.29 is 9.18 Å². The Kier molecular flexibility index (Phi) is 3.97. The summed E-state index contributed by atoms with van der Waals surface area (Å²) < 4.78 is 16.2. The fourth-order valence-electron chi connectivity index (χ4n) is 1.77. The number of rotatable bonds is 4. The largest absolute Gasteiger partial charge is 0.349 e. The van der Waals surface area contributed by atoms with Gasteiger partial charge in [-0.1, -0.05) is 22.9 Å². The predicted octanol–water partition coefficient (Wildman–Crippen LogP) is 4.03. The summed E-state index contributed by atoms with van der Waals surface area (Å²) in [5.74, 6) is -0.140. The molecule has 1 aromatic carbocycles. The van der Waals surface area contributed by atoms with Crippen LogP contribution in [0.1, 0.15) is 29.3 Å². The molecule has 0 aliphatic heterocycles. The minimum absolute atomic E-state index is 0.100. The quantitative estimate of drug-likeness (QED) is 0.782. The smallest absolute Gasteiger partial charge is 0.164 e. The molecule has 2 aromatic rings. The molecular formula is C14H13BrFNO. The standard InChI is InChI=1S/C14H13BrFNO/c1-2-14(18)10-5-6-17(8-10)9-11-7-12(15)3-4-13(11)16/h3-8H,2,9H2,1H3. The SMILES string of the molecule is CCC(=O)c1ccn(Cc2cc(Br)ccc2F)c1. The normalized spacial score (nSPS) is 10.6. The van der Waals surface area contributed by atoms with Crippen molar-refractivity contribution in [1.29, 1.82) is 0 Å². The highest BCUT2D eigenvalue weighted by Gasteiger charge is 2.07. The lowest BCUT2D eigenvalue weighted by atomic mass is 10.2. The average molecular weight is 310 g/mol. The molecule has 0 saturated heterocycles. The van der Waals surface area contributed by atoms with Crippen LogP contribution in [0, 0.1) is 5.82 Å². The minimum Gasteiger partial charge on any atom is -0.349 e. The Morgan fingerprint density at radius 3 is 2.89 bits per heavy atom. The summed E-state index contributed by atoms with van der Waals surface area (Å²) in [7, 11) is 0. The van der Waals surface area contributed by atoms with E-state index in [-0.39, 0.29) is 11.6 Å². The van der Waals surface area contributed by atoms with Gasteiger partial charge in [-0.15, -0.1) is 0 Å². The first-order chi connectivity index (χ1) is 8.60. The first-order valence-electron chi connectivity index (χ1n) is 5.73. The second kappa shape index (κ2) is 5.48. The van der Waals surface area contributed by atoms with E-state index < -0.39 is 0 Å². The van der Waals surface area contributed by atoms with Gasteiger partial charge in [-0.2, -0.15) is 0 Å². The number of carbonyl (C=O) groups excluding carboxylic acids is 1. The second-order valence-corrected chi connectivity index (χ2v) is 5.00. The molecule has 0 N–H and O–H groups in total. The van der Waals surface area contributed by atoms with Gasteiger partial charge in [-0.25, -0.2) is 4.39 Å². The fourth-order valence-corrected chi connectivity index (χ4v) is 2.18. The zero-order chi connectivity index (χ0) is 13.1. The molecule has 2 rings (SSSR count). The summed E-state index contributed by atoms with van der Waals surface area (Å²) in [4.78, 5) is 11.5. The third-order valence-electron chi connectivity index (χ3n) is 2.75. The van der Waals surface area contributed by atoms with E-state index in [2.05, 4.69) is 15.9 Å². The average Bonchev–Trinajstić information content (AvgIpc) is 2.81. The Morgan fingerprint density at radius 2 is 2.17 bits per heavy atom. The van der Waals surface area contributed by atoms with Crippen LogP contribution in [0.4, 0.5) is 4.39 Å². The van der Waals surface area contributed by atoms with Crippen molar-refractivity contribution in [2.75, 3.05) is 0 Å². The molecular weight excluding hydrogens is 297 g/mol. The van der Waals surface area contributed by atoms with Gasteiger partial charge in [0.1, 0.15) is 5.82 Å². The van der Waals surface area contributed by atoms with Crippen LogP contribution in [-0.4, -0.2) is 10.4 Å². The summed E-state index contributed by atoms with van der Waals surface area (Å²) in [6.45, 7) is 2.25. The van der Waals surface area contributed by atoms with Crippen LogP contribution in [0.25, 0.3) is 0 Å². The molecule has 0 aliphatic carbocycles. The molecule has 0 spiro atoms. The molecule has 18 heavy (non-hydrogen) atoms. The highest BCUT2D eigenvalue weighted by molar-refractivity contribution is 9.10. The van der Waals surface area contributed by atoms with Crippen molar-refractivity contribution >= 4 is 21.7 Å². The lowest BCUT2D eigenvalue weighted by Crippen LogP contribution is -2.00. The van der Waals surface area contributed by atoms with Gasteiger partial charge in [0.15, 0.2) is 5.78 Å². The number of Topliss-reactive ketones (excluding diaryl/α,β-unsaturated/α-hetero) is 1. The van der Waals surface area contributed by atoms with Crippen molar-refractivity contribution in [3.05, 3.63) is 58.1 Å². The fraction of sp³-hybridized carbons (Fsp3) is 0.214. The van der Waals surface area contributed by atoms with E-state index in [0.717, 1.165) is 4.47 Å². The Hall–Kier alpha value is -1.42. The molecule has 0 radical (unpaired) electrons. The maximum Gasteiger partial charge on any atom is 0.164 e. The van der Waals surface area contributed by atoms with Gasteiger partial charge >= 0.3 is 0 Å². The second-order valence-electron chi connectivity index (χ2n) is 4.08. The van der Waals surface area contributed by atoms with E-state index in [1.54, 1.807) is 30.6 Å². The summed E-state index contributed by atoms with van der Waals surface area (Å²) in [5.41, 5.74) is 1.27. The van der Waals surface area contributed by atoms with Gasteiger partial charge in [0.25, 0.3) is 0 Å². The third-order valence-corrected chi connectivity index (χ3v) is 3.25. The molecule has 1 aromatic heterocycles. The van der Waals surface area contributed by atoms with E-state index in [0.29, 0.717) is 24.1 Å². The number of halogens is 2. The summed E-state index contributed by atoms with van der Waals surface area (Å²) >= 11 is 3.32. The van der Waals surface area contributed by atoms with Crippen molar-refractivity contribution in [2.45, 2.75) is 19.9 Å². The number of carbonyl (C=O) groups is 1. The Morgan fingerprint density at radius 1 is 1.39 bits per heavy atom. The van der Waals surface area contributed by atoms with E-state index >= 15 is 0 Å². The van der Waals surface area contributed by atoms with Crippen LogP contribution < -0.4 is 0 Å². The Labute approximate surface area is 114 Å². The summed E-state index contributed by atoms with van der Waals surface area (Å²) in [5, 5.41) is 0. The van der Waals surface area contributed by atoms with Gasteiger partial charge < -0.3 is 4.57 Å². The summed E-state index contributed by atoms with van der Waals surface area (Å²) in [6, 6.07) is 6.61.